The second-order valence-electron chi connectivity index (χ2n) is 4.87. The standard InChI is InChI=1S/C11H21NO/c1-8(13)4-5-12-11-7-9-2-3-10(11)6-9/h8-13H,2-7H2,1H3/t8-,9-,10-,11+/m0/s1. The highest BCUT2D eigenvalue weighted by Gasteiger charge is 2.38. The number of aliphatic hydroxyl groups is 1. The summed E-state index contributed by atoms with van der Waals surface area (Å²) in [5, 5.41) is 12.7. The van der Waals surface area contributed by atoms with Crippen molar-refractivity contribution in [2.75, 3.05) is 6.54 Å². The van der Waals surface area contributed by atoms with Crippen LogP contribution in [0.15, 0.2) is 0 Å². The number of hydrogen-bond donors (Lipinski definition) is 2. The van der Waals surface area contributed by atoms with E-state index in [9.17, 15) is 0 Å². The van der Waals surface area contributed by atoms with Gasteiger partial charge in [-0.3, -0.25) is 0 Å². The van der Waals surface area contributed by atoms with Gasteiger partial charge in [0.25, 0.3) is 0 Å². The fraction of sp³-hybridized carbons (Fsp3) is 1.00. The smallest absolute Gasteiger partial charge is 0.0524 e. The van der Waals surface area contributed by atoms with Crippen LogP contribution in [0, 0.1) is 11.8 Å². The zero-order chi connectivity index (χ0) is 9.26. The summed E-state index contributed by atoms with van der Waals surface area (Å²) in [4.78, 5) is 0. The average molecular weight is 183 g/mol. The summed E-state index contributed by atoms with van der Waals surface area (Å²) in [6.45, 7) is 2.86. The molecule has 0 aromatic heterocycles. The summed E-state index contributed by atoms with van der Waals surface area (Å²) in [5.41, 5.74) is 0. The molecule has 0 aliphatic heterocycles. The third-order valence-electron chi connectivity index (χ3n) is 3.71. The molecule has 0 radical (unpaired) electrons. The number of nitrogens with one attached hydrogen (secondary N) is 1. The first-order valence-corrected chi connectivity index (χ1v) is 5.67. The molecule has 0 spiro atoms. The van der Waals surface area contributed by atoms with Crippen LogP contribution in [0.25, 0.3) is 0 Å². The Hall–Kier alpha value is -0.0800. The molecule has 0 aromatic carbocycles. The normalized spacial score (nSPS) is 39.7. The van der Waals surface area contributed by atoms with Crippen molar-refractivity contribution in [1.29, 1.82) is 0 Å². The lowest BCUT2D eigenvalue weighted by molar-refractivity contribution is 0.180. The molecule has 2 saturated carbocycles. The van der Waals surface area contributed by atoms with E-state index in [4.69, 9.17) is 5.11 Å². The highest BCUT2D eigenvalue weighted by Crippen LogP contribution is 2.44. The van der Waals surface area contributed by atoms with Gasteiger partial charge in [-0.2, -0.15) is 0 Å². The highest BCUT2D eigenvalue weighted by atomic mass is 16.3. The van der Waals surface area contributed by atoms with Gasteiger partial charge in [0.2, 0.25) is 0 Å². The molecule has 76 valence electrons. The molecule has 2 nitrogen and oxygen atoms in total. The minimum atomic E-state index is -0.147. The third-order valence-corrected chi connectivity index (χ3v) is 3.71. The predicted molar refractivity (Wildman–Crippen MR) is 53.5 cm³/mol. The van der Waals surface area contributed by atoms with Gasteiger partial charge in [0.15, 0.2) is 0 Å². The first-order valence-electron chi connectivity index (χ1n) is 5.67. The van der Waals surface area contributed by atoms with Crippen molar-refractivity contribution < 1.29 is 5.11 Å². The van der Waals surface area contributed by atoms with E-state index in [1.165, 1.54) is 25.7 Å². The van der Waals surface area contributed by atoms with Crippen molar-refractivity contribution in [2.45, 2.75) is 51.2 Å². The summed E-state index contributed by atoms with van der Waals surface area (Å²) in [7, 11) is 0. The molecule has 2 fully saturated rings. The van der Waals surface area contributed by atoms with Crippen molar-refractivity contribution in [2.24, 2.45) is 11.8 Å². The van der Waals surface area contributed by atoms with Gasteiger partial charge in [-0.05, 0) is 51.0 Å². The summed E-state index contributed by atoms with van der Waals surface area (Å²) >= 11 is 0. The molecule has 0 saturated heterocycles. The van der Waals surface area contributed by atoms with E-state index < -0.39 is 0 Å². The molecule has 0 aromatic rings. The van der Waals surface area contributed by atoms with Crippen LogP contribution in [0.1, 0.15) is 39.0 Å². The molecule has 2 aliphatic rings. The predicted octanol–water partition coefficient (Wildman–Crippen LogP) is 1.54. The second-order valence-corrected chi connectivity index (χ2v) is 4.87. The van der Waals surface area contributed by atoms with E-state index in [0.29, 0.717) is 0 Å². The van der Waals surface area contributed by atoms with Crippen LogP contribution >= 0.6 is 0 Å². The molecular weight excluding hydrogens is 162 g/mol. The quantitative estimate of drug-likeness (QED) is 0.693. The Morgan fingerprint density at radius 2 is 2.23 bits per heavy atom. The third kappa shape index (κ3) is 2.23. The van der Waals surface area contributed by atoms with Crippen molar-refractivity contribution >= 4 is 0 Å². The number of hydrogen-bond acceptors (Lipinski definition) is 2. The molecule has 2 heteroatoms. The Kier molecular flexibility index (Phi) is 2.89. The van der Waals surface area contributed by atoms with E-state index in [0.717, 1.165) is 30.8 Å². The summed E-state index contributed by atoms with van der Waals surface area (Å²) in [5.74, 6) is 1.98. The molecule has 0 unspecified atom stereocenters. The van der Waals surface area contributed by atoms with E-state index in [1.807, 2.05) is 6.92 Å². The minimum absolute atomic E-state index is 0.147. The van der Waals surface area contributed by atoms with Crippen LogP contribution in [0.4, 0.5) is 0 Å². The first kappa shape index (κ1) is 9.47. The Bertz CT molecular complexity index is 169. The van der Waals surface area contributed by atoms with Gasteiger partial charge in [-0.1, -0.05) is 6.42 Å². The fourth-order valence-electron chi connectivity index (χ4n) is 2.97. The van der Waals surface area contributed by atoms with Crippen molar-refractivity contribution in [3.8, 4) is 0 Å². The van der Waals surface area contributed by atoms with E-state index in [-0.39, 0.29) is 6.10 Å². The maximum Gasteiger partial charge on any atom is 0.0524 e. The largest absolute Gasteiger partial charge is 0.393 e. The van der Waals surface area contributed by atoms with Crippen LogP contribution in [0.2, 0.25) is 0 Å². The second kappa shape index (κ2) is 3.97. The Morgan fingerprint density at radius 1 is 1.38 bits per heavy atom. The zero-order valence-electron chi connectivity index (χ0n) is 8.50. The molecule has 0 amide bonds. The van der Waals surface area contributed by atoms with Crippen LogP contribution < -0.4 is 5.32 Å². The van der Waals surface area contributed by atoms with Crippen LogP contribution in [0.5, 0.6) is 0 Å². The summed E-state index contributed by atoms with van der Waals surface area (Å²) < 4.78 is 0. The molecule has 2 aliphatic carbocycles. The van der Waals surface area contributed by atoms with E-state index >= 15 is 0 Å². The summed E-state index contributed by atoms with van der Waals surface area (Å²) in [6.07, 6.45) is 6.52. The maximum atomic E-state index is 9.12. The Labute approximate surface area is 80.7 Å². The molecular formula is C11H21NO. The van der Waals surface area contributed by atoms with Crippen molar-refractivity contribution in [1.82, 2.24) is 5.32 Å². The van der Waals surface area contributed by atoms with Gasteiger partial charge in [0.1, 0.15) is 0 Å². The molecule has 0 heterocycles. The molecule has 13 heavy (non-hydrogen) atoms. The minimum Gasteiger partial charge on any atom is -0.393 e. The number of rotatable bonds is 4. The topological polar surface area (TPSA) is 32.3 Å². The lowest BCUT2D eigenvalue weighted by Gasteiger charge is -2.23. The van der Waals surface area contributed by atoms with Crippen LogP contribution in [-0.4, -0.2) is 23.8 Å². The first-order chi connectivity index (χ1) is 6.25. The fourth-order valence-corrected chi connectivity index (χ4v) is 2.97. The van der Waals surface area contributed by atoms with E-state index in [2.05, 4.69) is 5.32 Å². The van der Waals surface area contributed by atoms with Crippen molar-refractivity contribution in [3.05, 3.63) is 0 Å². The van der Waals surface area contributed by atoms with Crippen LogP contribution in [0.3, 0.4) is 0 Å². The highest BCUT2D eigenvalue weighted by molar-refractivity contribution is 4.93. The summed E-state index contributed by atoms with van der Waals surface area (Å²) in [6, 6.07) is 0.775. The van der Waals surface area contributed by atoms with Crippen LogP contribution in [-0.2, 0) is 0 Å². The lowest BCUT2D eigenvalue weighted by atomic mass is 9.95. The van der Waals surface area contributed by atoms with Gasteiger partial charge >= 0.3 is 0 Å². The maximum absolute atomic E-state index is 9.12. The molecule has 4 atom stereocenters. The lowest BCUT2D eigenvalue weighted by Crippen LogP contribution is -2.35. The van der Waals surface area contributed by atoms with Gasteiger partial charge < -0.3 is 10.4 Å². The van der Waals surface area contributed by atoms with Gasteiger partial charge in [0.05, 0.1) is 6.10 Å². The molecule has 2 bridgehead atoms. The van der Waals surface area contributed by atoms with Gasteiger partial charge in [-0.25, -0.2) is 0 Å². The number of aliphatic hydroxyl groups excluding tert-OH is 1. The Balaban J connectivity index is 1.66. The SMILES string of the molecule is C[C@H](O)CCN[C@@H]1C[C@H]2CC[C@H]1C2. The van der Waals surface area contributed by atoms with Crippen molar-refractivity contribution in [3.63, 3.8) is 0 Å². The molecule has 2 N–H and O–H groups in total. The Morgan fingerprint density at radius 3 is 2.77 bits per heavy atom. The van der Waals surface area contributed by atoms with Gasteiger partial charge in [-0.15, -0.1) is 0 Å². The monoisotopic (exact) mass is 183 g/mol. The van der Waals surface area contributed by atoms with Gasteiger partial charge in [0, 0.05) is 6.04 Å². The average Bonchev–Trinajstić information content (AvgIpc) is 2.64. The molecule has 2 rings (SSSR count). The number of fused-ring (bicyclic) bond motifs is 2. The zero-order valence-corrected chi connectivity index (χ0v) is 8.50. The van der Waals surface area contributed by atoms with E-state index in [1.54, 1.807) is 0 Å².